The smallest absolute Gasteiger partial charge is 0.119 e. The maximum absolute atomic E-state index is 6.18. The Hall–Kier alpha value is -1.84. The van der Waals surface area contributed by atoms with Gasteiger partial charge >= 0.3 is 0 Å². The molecule has 3 nitrogen and oxygen atoms in total. The van der Waals surface area contributed by atoms with Gasteiger partial charge in [-0.1, -0.05) is 36.4 Å². The van der Waals surface area contributed by atoms with Crippen LogP contribution < -0.4 is 10.1 Å². The molecule has 4 rings (SSSR count). The van der Waals surface area contributed by atoms with Crippen LogP contribution in [0.5, 0.6) is 5.75 Å². The highest BCUT2D eigenvalue weighted by molar-refractivity contribution is 5.42. The molecule has 1 N–H and O–H groups in total. The van der Waals surface area contributed by atoms with E-state index in [4.69, 9.17) is 9.47 Å². The lowest BCUT2D eigenvalue weighted by Crippen LogP contribution is -2.44. The Morgan fingerprint density at radius 1 is 1.14 bits per heavy atom. The van der Waals surface area contributed by atoms with Crippen LogP contribution in [-0.4, -0.2) is 19.8 Å². The second kappa shape index (κ2) is 5.17. The van der Waals surface area contributed by atoms with E-state index in [1.165, 1.54) is 16.7 Å². The van der Waals surface area contributed by atoms with Gasteiger partial charge in [-0.05, 0) is 35.2 Å². The number of hydrogen-bond donors (Lipinski definition) is 1. The first-order chi connectivity index (χ1) is 10.3. The van der Waals surface area contributed by atoms with Gasteiger partial charge in [0.2, 0.25) is 0 Å². The van der Waals surface area contributed by atoms with Crippen LogP contribution in [-0.2, 0) is 11.2 Å². The molecule has 3 heteroatoms. The van der Waals surface area contributed by atoms with Crippen LogP contribution in [0.15, 0.2) is 48.5 Å². The molecule has 0 saturated carbocycles. The molecule has 1 heterocycles. The molecule has 1 saturated heterocycles. The van der Waals surface area contributed by atoms with Crippen molar-refractivity contribution in [2.24, 2.45) is 0 Å². The Labute approximate surface area is 124 Å². The fourth-order valence-electron chi connectivity index (χ4n) is 3.45. The monoisotopic (exact) mass is 281 g/mol. The average molecular weight is 281 g/mol. The highest BCUT2D eigenvalue weighted by Gasteiger charge is 2.38. The molecule has 1 aliphatic carbocycles. The molecule has 2 aliphatic rings. The summed E-state index contributed by atoms with van der Waals surface area (Å²) in [6.07, 6.45) is 1.17. The van der Waals surface area contributed by atoms with E-state index in [0.29, 0.717) is 12.6 Å². The number of morpholine rings is 1. The van der Waals surface area contributed by atoms with Crippen molar-refractivity contribution < 1.29 is 9.47 Å². The molecule has 0 bridgehead atoms. The van der Waals surface area contributed by atoms with Crippen molar-refractivity contribution in [2.75, 3.05) is 13.7 Å². The van der Waals surface area contributed by atoms with Crippen molar-refractivity contribution in [2.45, 2.75) is 24.6 Å². The molecule has 2 aromatic rings. The van der Waals surface area contributed by atoms with Crippen molar-refractivity contribution in [1.29, 1.82) is 0 Å². The number of benzene rings is 2. The largest absolute Gasteiger partial charge is 0.497 e. The van der Waals surface area contributed by atoms with Crippen LogP contribution in [0.2, 0.25) is 0 Å². The quantitative estimate of drug-likeness (QED) is 0.918. The van der Waals surface area contributed by atoms with E-state index in [-0.39, 0.29) is 12.1 Å². The summed E-state index contributed by atoms with van der Waals surface area (Å²) < 4.78 is 11.5. The lowest BCUT2D eigenvalue weighted by Gasteiger charge is -2.34. The van der Waals surface area contributed by atoms with Crippen molar-refractivity contribution in [3.05, 3.63) is 65.2 Å². The van der Waals surface area contributed by atoms with Crippen LogP contribution >= 0.6 is 0 Å². The third kappa shape index (κ3) is 2.23. The maximum atomic E-state index is 6.18. The van der Waals surface area contributed by atoms with E-state index in [2.05, 4.69) is 41.7 Å². The second-order valence-corrected chi connectivity index (χ2v) is 5.76. The average Bonchev–Trinajstić information content (AvgIpc) is 2.92. The highest BCUT2D eigenvalue weighted by Crippen LogP contribution is 2.40. The van der Waals surface area contributed by atoms with Crippen LogP contribution in [0.25, 0.3) is 0 Å². The van der Waals surface area contributed by atoms with E-state index >= 15 is 0 Å². The minimum absolute atomic E-state index is 0.148. The summed E-state index contributed by atoms with van der Waals surface area (Å²) in [5.41, 5.74) is 3.94. The number of hydrogen-bond acceptors (Lipinski definition) is 3. The summed E-state index contributed by atoms with van der Waals surface area (Å²) in [7, 11) is 1.71. The van der Waals surface area contributed by atoms with Gasteiger partial charge in [0.05, 0.1) is 25.9 Å². The molecule has 1 aliphatic heterocycles. The first-order valence-corrected chi connectivity index (χ1v) is 7.44. The molecule has 108 valence electrons. The molecule has 0 spiro atoms. The van der Waals surface area contributed by atoms with Gasteiger partial charge in [-0.2, -0.15) is 0 Å². The molecule has 1 fully saturated rings. The van der Waals surface area contributed by atoms with Gasteiger partial charge < -0.3 is 14.8 Å². The van der Waals surface area contributed by atoms with Crippen LogP contribution in [0.1, 0.15) is 28.8 Å². The molecule has 0 radical (unpaired) electrons. The Bertz CT molecular complexity index is 641. The van der Waals surface area contributed by atoms with Crippen LogP contribution in [0.4, 0.5) is 0 Å². The highest BCUT2D eigenvalue weighted by atomic mass is 16.5. The third-order valence-corrected chi connectivity index (χ3v) is 4.52. The van der Waals surface area contributed by atoms with Crippen molar-refractivity contribution in [1.82, 2.24) is 5.32 Å². The van der Waals surface area contributed by atoms with Gasteiger partial charge in [0.15, 0.2) is 0 Å². The Morgan fingerprint density at radius 2 is 2.00 bits per heavy atom. The summed E-state index contributed by atoms with van der Waals surface area (Å²) in [5.74, 6) is 0.906. The SMILES string of the molecule is COc1ccc2c(c1)C1OCC(c3ccccc3)NC1C2. The molecule has 3 unspecified atom stereocenters. The van der Waals surface area contributed by atoms with Gasteiger partial charge in [-0.15, -0.1) is 0 Å². The maximum Gasteiger partial charge on any atom is 0.119 e. The Morgan fingerprint density at radius 3 is 2.81 bits per heavy atom. The molecule has 2 aromatic carbocycles. The van der Waals surface area contributed by atoms with Crippen LogP contribution in [0, 0.1) is 0 Å². The Balaban J connectivity index is 1.57. The van der Waals surface area contributed by atoms with E-state index in [9.17, 15) is 0 Å². The first-order valence-electron chi connectivity index (χ1n) is 7.44. The fraction of sp³-hybridized carbons (Fsp3) is 0.333. The van der Waals surface area contributed by atoms with Crippen LogP contribution in [0.3, 0.4) is 0 Å². The van der Waals surface area contributed by atoms with E-state index in [1.807, 2.05) is 12.1 Å². The summed E-state index contributed by atoms with van der Waals surface area (Å²) >= 11 is 0. The molecule has 0 aromatic heterocycles. The zero-order chi connectivity index (χ0) is 14.2. The number of methoxy groups -OCH3 is 1. The lowest BCUT2D eigenvalue weighted by molar-refractivity contribution is -0.0219. The predicted octanol–water partition coefficient (Wildman–Crippen LogP) is 3.02. The van der Waals surface area contributed by atoms with Gasteiger partial charge in [-0.25, -0.2) is 0 Å². The van der Waals surface area contributed by atoms with Gasteiger partial charge in [0, 0.05) is 6.04 Å². The van der Waals surface area contributed by atoms with Gasteiger partial charge in [0.25, 0.3) is 0 Å². The number of fused-ring (bicyclic) bond motifs is 3. The van der Waals surface area contributed by atoms with Crippen molar-refractivity contribution in [3.8, 4) is 5.75 Å². The molecular weight excluding hydrogens is 262 g/mol. The number of nitrogens with one attached hydrogen (secondary N) is 1. The summed E-state index contributed by atoms with van der Waals surface area (Å²) in [6, 6.07) is 17.5. The van der Waals surface area contributed by atoms with Gasteiger partial charge in [0.1, 0.15) is 5.75 Å². The molecule has 3 atom stereocenters. The predicted molar refractivity (Wildman–Crippen MR) is 81.5 cm³/mol. The molecule has 21 heavy (non-hydrogen) atoms. The Kier molecular flexibility index (Phi) is 3.17. The summed E-state index contributed by atoms with van der Waals surface area (Å²) in [4.78, 5) is 0. The van der Waals surface area contributed by atoms with E-state index in [1.54, 1.807) is 7.11 Å². The lowest BCUT2D eigenvalue weighted by atomic mass is 10.0. The normalized spacial score (nSPS) is 27.0. The topological polar surface area (TPSA) is 30.5 Å². The number of ether oxygens (including phenoxy) is 2. The zero-order valence-corrected chi connectivity index (χ0v) is 12.1. The number of rotatable bonds is 2. The molecular formula is C18H19NO2. The zero-order valence-electron chi connectivity index (χ0n) is 12.1. The minimum atomic E-state index is 0.148. The van der Waals surface area contributed by atoms with E-state index in [0.717, 1.165) is 12.2 Å². The standard InChI is InChI=1S/C18H19NO2/c1-20-14-8-7-13-9-16-18(15(13)10-14)21-11-17(19-16)12-5-3-2-4-6-12/h2-8,10,16-19H,9,11H2,1H3. The van der Waals surface area contributed by atoms with Crippen molar-refractivity contribution >= 4 is 0 Å². The first kappa shape index (κ1) is 12.9. The second-order valence-electron chi connectivity index (χ2n) is 5.76. The minimum Gasteiger partial charge on any atom is -0.497 e. The summed E-state index contributed by atoms with van der Waals surface area (Å²) in [6.45, 7) is 0.710. The van der Waals surface area contributed by atoms with Gasteiger partial charge in [-0.3, -0.25) is 0 Å². The van der Waals surface area contributed by atoms with Crippen molar-refractivity contribution in [3.63, 3.8) is 0 Å². The fourth-order valence-corrected chi connectivity index (χ4v) is 3.45. The third-order valence-electron chi connectivity index (χ3n) is 4.52. The van der Waals surface area contributed by atoms with E-state index < -0.39 is 0 Å². The molecule has 0 amide bonds. The summed E-state index contributed by atoms with van der Waals surface area (Å²) in [5, 5.41) is 3.75.